The first-order valence-electron chi connectivity index (χ1n) is 13.7. The maximum Gasteiger partial charge on any atom is 0.274 e. The molecule has 0 aliphatic carbocycles. The number of carbonyl (C=O) groups is 1. The Morgan fingerprint density at radius 3 is 2.57 bits per heavy atom. The molecule has 0 radical (unpaired) electrons. The van der Waals surface area contributed by atoms with Crippen molar-refractivity contribution in [2.45, 2.75) is 32.7 Å². The van der Waals surface area contributed by atoms with E-state index >= 15 is 0 Å². The molecule has 5 rings (SSSR count). The van der Waals surface area contributed by atoms with Crippen LogP contribution in [0, 0.1) is 12.4 Å². The van der Waals surface area contributed by atoms with Crippen LogP contribution < -0.4 is 16.2 Å². The monoisotopic (exact) mass is 583 g/mol. The number of nitrogens with two attached hydrogens (primary N) is 1. The number of fused-ring (bicyclic) bond motifs is 1. The molecule has 4 aromatic rings. The number of amides is 1. The lowest BCUT2D eigenvalue weighted by Crippen LogP contribution is -2.53. The zero-order valence-electron chi connectivity index (χ0n) is 23.7. The topological polar surface area (TPSA) is 75.9 Å². The lowest BCUT2D eigenvalue weighted by atomic mass is 9.97. The number of nitrogen functional groups attached to an aromatic ring is 1. The molecule has 1 aliphatic heterocycles. The lowest BCUT2D eigenvalue weighted by molar-refractivity contribution is -0.126. The highest BCUT2D eigenvalue weighted by atomic mass is 35.5. The SMILES string of the molecule is [C-]#[N+]c1c(N2CCN(C(=O)C=C)C[C@@H]2C)c2cc(Cl)c(-c3cc(F)ccc3N)cc2n(-c2ccccc2C(C)C)c1=O. The maximum absolute atomic E-state index is 14.4. The van der Waals surface area contributed by atoms with Gasteiger partial charge in [0.15, 0.2) is 0 Å². The van der Waals surface area contributed by atoms with Crippen LogP contribution in [-0.4, -0.2) is 41.1 Å². The van der Waals surface area contributed by atoms with Gasteiger partial charge < -0.3 is 15.5 Å². The minimum Gasteiger partial charge on any atom is -0.398 e. The van der Waals surface area contributed by atoms with Gasteiger partial charge in [-0.05, 0) is 60.9 Å². The van der Waals surface area contributed by atoms with Crippen molar-refractivity contribution >= 4 is 45.5 Å². The molecule has 2 heterocycles. The van der Waals surface area contributed by atoms with E-state index in [4.69, 9.17) is 23.9 Å². The van der Waals surface area contributed by atoms with Crippen molar-refractivity contribution in [1.82, 2.24) is 9.47 Å². The van der Waals surface area contributed by atoms with E-state index in [0.29, 0.717) is 63.7 Å². The molecule has 1 aliphatic rings. The number of aromatic nitrogens is 1. The number of hydrogen-bond donors (Lipinski definition) is 1. The van der Waals surface area contributed by atoms with Gasteiger partial charge in [0.1, 0.15) is 5.82 Å². The lowest BCUT2D eigenvalue weighted by Gasteiger charge is -2.42. The second-order valence-corrected chi connectivity index (χ2v) is 11.2. The van der Waals surface area contributed by atoms with Gasteiger partial charge in [-0.3, -0.25) is 14.2 Å². The van der Waals surface area contributed by atoms with Crippen LogP contribution >= 0.6 is 11.6 Å². The smallest absolute Gasteiger partial charge is 0.274 e. The third kappa shape index (κ3) is 4.90. The molecule has 1 saturated heterocycles. The predicted molar refractivity (Wildman–Crippen MR) is 168 cm³/mol. The summed E-state index contributed by atoms with van der Waals surface area (Å²) < 4.78 is 15.9. The Morgan fingerprint density at radius 2 is 1.90 bits per heavy atom. The Hall–Kier alpha value is -4.61. The number of halogens is 2. The van der Waals surface area contributed by atoms with Crippen molar-refractivity contribution in [2.75, 3.05) is 30.3 Å². The second kappa shape index (κ2) is 11.3. The van der Waals surface area contributed by atoms with Crippen LogP contribution in [0.1, 0.15) is 32.3 Å². The van der Waals surface area contributed by atoms with Crippen molar-refractivity contribution in [3.05, 3.63) is 105 Å². The molecule has 7 nitrogen and oxygen atoms in total. The Balaban J connectivity index is 1.88. The molecule has 1 aromatic heterocycles. The number of piperazine rings is 1. The van der Waals surface area contributed by atoms with Gasteiger partial charge in [-0.1, -0.05) is 50.2 Å². The highest BCUT2D eigenvalue weighted by molar-refractivity contribution is 6.34. The molecule has 9 heteroatoms. The van der Waals surface area contributed by atoms with E-state index in [0.717, 1.165) is 5.56 Å². The molecule has 1 atom stereocenters. The molecular weight excluding hydrogens is 553 g/mol. The van der Waals surface area contributed by atoms with E-state index in [1.807, 2.05) is 49.9 Å². The molecule has 0 unspecified atom stereocenters. The summed E-state index contributed by atoms with van der Waals surface area (Å²) in [6, 6.07) is 14.9. The van der Waals surface area contributed by atoms with Gasteiger partial charge >= 0.3 is 0 Å². The Labute approximate surface area is 249 Å². The van der Waals surface area contributed by atoms with Crippen molar-refractivity contribution in [2.24, 2.45) is 0 Å². The number of nitrogens with zero attached hydrogens (tertiary/aromatic N) is 4. The van der Waals surface area contributed by atoms with Crippen LogP contribution in [0.2, 0.25) is 5.02 Å². The van der Waals surface area contributed by atoms with Crippen LogP contribution in [0.25, 0.3) is 32.6 Å². The van der Waals surface area contributed by atoms with Gasteiger partial charge in [0.2, 0.25) is 5.91 Å². The summed E-state index contributed by atoms with van der Waals surface area (Å²) in [6.45, 7) is 18.9. The fraction of sp³-hybridized carbons (Fsp3) is 0.242. The molecule has 0 bridgehead atoms. The number of anilines is 2. The molecule has 1 amide bonds. The molecule has 1 fully saturated rings. The maximum atomic E-state index is 14.4. The summed E-state index contributed by atoms with van der Waals surface area (Å²) in [7, 11) is 0. The van der Waals surface area contributed by atoms with Gasteiger partial charge in [-0.15, -0.1) is 0 Å². The normalized spacial score (nSPS) is 15.2. The van der Waals surface area contributed by atoms with E-state index < -0.39 is 11.4 Å². The Bertz CT molecular complexity index is 1840. The zero-order chi connectivity index (χ0) is 30.3. The minimum atomic E-state index is -0.474. The Kier molecular flexibility index (Phi) is 7.81. The number of pyridine rings is 1. The van der Waals surface area contributed by atoms with Crippen LogP contribution in [-0.2, 0) is 4.79 Å². The van der Waals surface area contributed by atoms with Crippen LogP contribution in [0.5, 0.6) is 0 Å². The van der Waals surface area contributed by atoms with Crippen molar-refractivity contribution in [1.29, 1.82) is 0 Å². The third-order valence-electron chi connectivity index (χ3n) is 7.83. The summed E-state index contributed by atoms with van der Waals surface area (Å²) in [5.41, 5.74) is 9.49. The fourth-order valence-electron chi connectivity index (χ4n) is 5.78. The average molecular weight is 584 g/mol. The van der Waals surface area contributed by atoms with Crippen molar-refractivity contribution in [3.63, 3.8) is 0 Å². The molecule has 2 N–H and O–H groups in total. The first-order chi connectivity index (χ1) is 20.1. The summed E-state index contributed by atoms with van der Waals surface area (Å²) >= 11 is 6.88. The second-order valence-electron chi connectivity index (χ2n) is 10.8. The number of benzene rings is 3. The highest BCUT2D eigenvalue weighted by Gasteiger charge is 2.31. The van der Waals surface area contributed by atoms with Gasteiger partial charge in [0, 0.05) is 52.9 Å². The first kappa shape index (κ1) is 28.9. The number of para-hydroxylation sites is 1. The van der Waals surface area contributed by atoms with Gasteiger partial charge in [0.05, 0.1) is 23.5 Å². The minimum absolute atomic E-state index is 0.0366. The first-order valence-corrected chi connectivity index (χ1v) is 14.1. The Morgan fingerprint density at radius 1 is 1.17 bits per heavy atom. The van der Waals surface area contributed by atoms with Crippen LogP contribution in [0.15, 0.2) is 72.0 Å². The summed E-state index contributed by atoms with van der Waals surface area (Å²) in [6.07, 6.45) is 1.29. The van der Waals surface area contributed by atoms with E-state index in [2.05, 4.69) is 11.4 Å². The summed E-state index contributed by atoms with van der Waals surface area (Å²) in [5, 5.41) is 0.894. The van der Waals surface area contributed by atoms with E-state index in [-0.39, 0.29) is 23.6 Å². The third-order valence-corrected chi connectivity index (χ3v) is 8.14. The molecule has 0 spiro atoms. The molecule has 3 aromatic carbocycles. The number of carbonyl (C=O) groups excluding carboxylic acids is 1. The van der Waals surface area contributed by atoms with Crippen molar-refractivity contribution < 1.29 is 9.18 Å². The highest BCUT2D eigenvalue weighted by Crippen LogP contribution is 2.43. The fourth-order valence-corrected chi connectivity index (χ4v) is 6.04. The summed E-state index contributed by atoms with van der Waals surface area (Å²) in [4.78, 5) is 34.2. The van der Waals surface area contributed by atoms with Crippen LogP contribution in [0.4, 0.5) is 21.5 Å². The van der Waals surface area contributed by atoms with Crippen LogP contribution in [0.3, 0.4) is 0 Å². The van der Waals surface area contributed by atoms with Gasteiger partial charge in [-0.2, -0.15) is 0 Å². The number of hydrogen-bond acceptors (Lipinski definition) is 4. The standard InChI is InChI=1S/C33H31ClFN5O2/c1-6-30(41)38-13-14-39(20(4)18-38)32-25-16-26(34)23(24-15-21(35)11-12-27(24)36)17-29(25)40(33(42)31(32)37-5)28-10-8-7-9-22(28)19(2)3/h6-12,15-17,19-20H,1,13-14,18,36H2,2-4H3/t20-/m0/s1. The summed E-state index contributed by atoms with van der Waals surface area (Å²) in [5.74, 6) is -0.555. The predicted octanol–water partition coefficient (Wildman–Crippen LogP) is 6.93. The van der Waals surface area contributed by atoms with Gasteiger partial charge in [-0.25, -0.2) is 9.24 Å². The van der Waals surface area contributed by atoms with E-state index in [9.17, 15) is 14.0 Å². The largest absolute Gasteiger partial charge is 0.398 e. The molecular formula is C33H31ClFN5O2. The average Bonchev–Trinajstić information content (AvgIpc) is 2.97. The zero-order valence-corrected chi connectivity index (χ0v) is 24.5. The van der Waals surface area contributed by atoms with Crippen molar-refractivity contribution in [3.8, 4) is 16.8 Å². The quantitative estimate of drug-likeness (QED) is 0.157. The van der Waals surface area contributed by atoms with E-state index in [1.54, 1.807) is 21.6 Å². The molecule has 42 heavy (non-hydrogen) atoms. The molecule has 0 saturated carbocycles. The van der Waals surface area contributed by atoms with Gasteiger partial charge in [0.25, 0.3) is 11.2 Å². The number of rotatable bonds is 5. The molecule has 214 valence electrons. The van der Waals surface area contributed by atoms with E-state index in [1.165, 1.54) is 24.3 Å².